The molecule has 1 saturated carbocycles. The molecule has 1 aromatic heterocycles. The number of rotatable bonds is 14. The Kier molecular flexibility index (Phi) is 11.6. The normalized spacial score (nSPS) is 19.6. The quantitative estimate of drug-likeness (QED) is 0.330. The maximum absolute atomic E-state index is 13.0. The molecule has 2 fully saturated rings. The Morgan fingerprint density at radius 3 is 2.76 bits per heavy atom. The summed E-state index contributed by atoms with van der Waals surface area (Å²) in [5.41, 5.74) is 9.41. The van der Waals surface area contributed by atoms with E-state index in [0.29, 0.717) is 6.04 Å². The van der Waals surface area contributed by atoms with Crippen LogP contribution in [0.5, 0.6) is 0 Å². The van der Waals surface area contributed by atoms with Gasteiger partial charge in [-0.25, -0.2) is 0 Å². The number of hydrogen-bond acceptors (Lipinski definition) is 6. The highest BCUT2D eigenvalue weighted by Crippen LogP contribution is 2.26. The number of unbranched alkanes of at least 4 members (excludes halogenated alkanes) is 1. The number of pyridine rings is 1. The van der Waals surface area contributed by atoms with Crippen LogP contribution in [0.2, 0.25) is 0 Å². The van der Waals surface area contributed by atoms with Crippen molar-refractivity contribution in [3.8, 4) is 0 Å². The molecule has 0 spiro atoms. The van der Waals surface area contributed by atoms with Crippen LogP contribution in [0.4, 0.5) is 0 Å². The number of nitrogens with zero attached hydrogens (tertiary/aromatic N) is 3. The standard InChI is InChI=1S/C31H48N6O/c1-25-10-9-17-34-30(25)24-37(19-8-7-16-32)23-28-22-36(21-18-33-28)20-15-29(26-11-3-2-4-12-26)35-31(38)27-13-5-6-14-27/h2-4,9-12,17,27-29,33H,5-8,13-16,18-24,32H2,1H3,(H,35,38)/t28-,29-/m0/s1. The van der Waals surface area contributed by atoms with E-state index in [1.807, 2.05) is 18.3 Å². The lowest BCUT2D eigenvalue weighted by Crippen LogP contribution is -2.55. The monoisotopic (exact) mass is 520 g/mol. The van der Waals surface area contributed by atoms with Gasteiger partial charge in [0, 0.05) is 57.4 Å². The minimum atomic E-state index is 0.0672. The number of carbonyl (C=O) groups excluding carboxylic acids is 1. The molecule has 1 amide bonds. The smallest absolute Gasteiger partial charge is 0.223 e. The first-order valence-electron chi connectivity index (χ1n) is 14.8. The molecule has 1 aliphatic carbocycles. The summed E-state index contributed by atoms with van der Waals surface area (Å²) in [6.07, 6.45) is 9.42. The van der Waals surface area contributed by atoms with Crippen LogP contribution < -0.4 is 16.4 Å². The van der Waals surface area contributed by atoms with Crippen molar-refractivity contribution in [2.75, 3.05) is 45.8 Å². The van der Waals surface area contributed by atoms with Gasteiger partial charge in [-0.2, -0.15) is 0 Å². The zero-order valence-corrected chi connectivity index (χ0v) is 23.3. The number of piperazine rings is 1. The molecular formula is C31H48N6O. The minimum Gasteiger partial charge on any atom is -0.349 e. The average molecular weight is 521 g/mol. The maximum atomic E-state index is 13.0. The van der Waals surface area contributed by atoms with Gasteiger partial charge >= 0.3 is 0 Å². The van der Waals surface area contributed by atoms with Crippen LogP contribution in [0.25, 0.3) is 0 Å². The molecule has 1 aliphatic heterocycles. The van der Waals surface area contributed by atoms with E-state index in [9.17, 15) is 4.79 Å². The Morgan fingerprint density at radius 1 is 1.18 bits per heavy atom. The predicted molar refractivity (Wildman–Crippen MR) is 155 cm³/mol. The van der Waals surface area contributed by atoms with E-state index >= 15 is 0 Å². The fraction of sp³-hybridized carbons (Fsp3) is 0.613. The molecule has 208 valence electrons. The molecule has 1 aromatic carbocycles. The topological polar surface area (TPSA) is 86.5 Å². The third-order valence-electron chi connectivity index (χ3n) is 8.22. The van der Waals surface area contributed by atoms with E-state index in [1.54, 1.807) is 0 Å². The van der Waals surface area contributed by atoms with Crippen LogP contribution in [0.3, 0.4) is 0 Å². The molecule has 2 atom stereocenters. The van der Waals surface area contributed by atoms with Gasteiger partial charge in [0.05, 0.1) is 11.7 Å². The molecule has 0 bridgehead atoms. The number of benzene rings is 1. The van der Waals surface area contributed by atoms with E-state index < -0.39 is 0 Å². The van der Waals surface area contributed by atoms with Crippen molar-refractivity contribution < 1.29 is 4.79 Å². The fourth-order valence-corrected chi connectivity index (χ4v) is 5.94. The van der Waals surface area contributed by atoms with Gasteiger partial charge < -0.3 is 21.3 Å². The van der Waals surface area contributed by atoms with Gasteiger partial charge in [-0.15, -0.1) is 0 Å². The first-order valence-corrected chi connectivity index (χ1v) is 14.8. The van der Waals surface area contributed by atoms with Gasteiger partial charge in [0.25, 0.3) is 0 Å². The minimum absolute atomic E-state index is 0.0672. The Hall–Kier alpha value is -2.32. The third-order valence-corrected chi connectivity index (χ3v) is 8.22. The SMILES string of the molecule is Cc1cccnc1CN(CCCCN)C[C@@H]1CN(CC[C@H](NC(=O)C2CCCC2)c2ccccc2)CCN1. The number of carbonyl (C=O) groups is 1. The van der Waals surface area contributed by atoms with Crippen LogP contribution in [0.1, 0.15) is 67.8 Å². The molecular weight excluding hydrogens is 472 g/mol. The summed E-state index contributed by atoms with van der Waals surface area (Å²) >= 11 is 0. The van der Waals surface area contributed by atoms with Gasteiger partial charge in [0.1, 0.15) is 0 Å². The highest BCUT2D eigenvalue weighted by Gasteiger charge is 2.27. The summed E-state index contributed by atoms with van der Waals surface area (Å²) in [5, 5.41) is 7.17. The number of aromatic nitrogens is 1. The highest BCUT2D eigenvalue weighted by atomic mass is 16.1. The molecule has 2 aliphatic rings. The Morgan fingerprint density at radius 2 is 2.00 bits per heavy atom. The van der Waals surface area contributed by atoms with Crippen molar-refractivity contribution in [3.63, 3.8) is 0 Å². The summed E-state index contributed by atoms with van der Waals surface area (Å²) in [7, 11) is 0. The molecule has 0 unspecified atom stereocenters. The van der Waals surface area contributed by atoms with E-state index in [2.05, 4.69) is 62.7 Å². The van der Waals surface area contributed by atoms with E-state index in [0.717, 1.165) is 90.2 Å². The highest BCUT2D eigenvalue weighted by molar-refractivity contribution is 5.79. The number of nitrogens with one attached hydrogen (secondary N) is 2. The summed E-state index contributed by atoms with van der Waals surface area (Å²) in [4.78, 5) is 22.7. The van der Waals surface area contributed by atoms with Crippen molar-refractivity contribution in [1.29, 1.82) is 0 Å². The molecule has 1 saturated heterocycles. The second kappa shape index (κ2) is 15.3. The zero-order valence-electron chi connectivity index (χ0n) is 23.3. The largest absolute Gasteiger partial charge is 0.349 e. The van der Waals surface area contributed by atoms with Crippen LogP contribution in [0.15, 0.2) is 48.7 Å². The van der Waals surface area contributed by atoms with Crippen LogP contribution in [-0.2, 0) is 11.3 Å². The lowest BCUT2D eigenvalue weighted by Gasteiger charge is -2.37. The van der Waals surface area contributed by atoms with Crippen molar-refractivity contribution in [3.05, 3.63) is 65.5 Å². The average Bonchev–Trinajstić information content (AvgIpc) is 3.48. The molecule has 7 heteroatoms. The van der Waals surface area contributed by atoms with Crippen molar-refractivity contribution >= 4 is 5.91 Å². The van der Waals surface area contributed by atoms with Gasteiger partial charge in [0.15, 0.2) is 0 Å². The van der Waals surface area contributed by atoms with Crippen molar-refractivity contribution in [2.45, 2.75) is 70.5 Å². The Bertz CT molecular complexity index is 964. The first-order chi connectivity index (χ1) is 18.6. The van der Waals surface area contributed by atoms with Gasteiger partial charge in [-0.1, -0.05) is 49.2 Å². The molecule has 7 nitrogen and oxygen atoms in total. The van der Waals surface area contributed by atoms with Crippen LogP contribution in [-0.4, -0.2) is 72.5 Å². The van der Waals surface area contributed by atoms with E-state index in [4.69, 9.17) is 5.73 Å². The number of hydrogen-bond donors (Lipinski definition) is 3. The second-order valence-corrected chi connectivity index (χ2v) is 11.2. The van der Waals surface area contributed by atoms with Crippen molar-refractivity contribution in [1.82, 2.24) is 25.4 Å². The molecule has 0 radical (unpaired) electrons. The third kappa shape index (κ3) is 8.87. The van der Waals surface area contributed by atoms with Gasteiger partial charge in [-0.3, -0.25) is 14.7 Å². The maximum Gasteiger partial charge on any atom is 0.223 e. The van der Waals surface area contributed by atoms with E-state index in [1.165, 1.54) is 24.0 Å². The summed E-state index contributed by atoms with van der Waals surface area (Å²) in [6, 6.07) is 15.1. The number of amides is 1. The summed E-state index contributed by atoms with van der Waals surface area (Å²) in [5.74, 6) is 0.435. The molecule has 38 heavy (non-hydrogen) atoms. The van der Waals surface area contributed by atoms with Crippen LogP contribution in [0, 0.1) is 12.8 Å². The van der Waals surface area contributed by atoms with Gasteiger partial charge in [0.2, 0.25) is 5.91 Å². The Labute approximate surface area is 229 Å². The lowest BCUT2D eigenvalue weighted by molar-refractivity contribution is -0.125. The summed E-state index contributed by atoms with van der Waals surface area (Å²) in [6.45, 7) is 9.84. The molecule has 2 aromatic rings. The lowest BCUT2D eigenvalue weighted by atomic mass is 10.0. The zero-order chi connectivity index (χ0) is 26.6. The second-order valence-electron chi connectivity index (χ2n) is 11.2. The summed E-state index contributed by atoms with van der Waals surface area (Å²) < 4.78 is 0. The van der Waals surface area contributed by atoms with Crippen molar-refractivity contribution in [2.24, 2.45) is 11.7 Å². The molecule has 4 N–H and O–H groups in total. The van der Waals surface area contributed by atoms with Gasteiger partial charge in [-0.05, 0) is 69.3 Å². The van der Waals surface area contributed by atoms with E-state index in [-0.39, 0.29) is 17.9 Å². The number of aryl methyl sites for hydroxylation is 1. The fourth-order valence-electron chi connectivity index (χ4n) is 5.94. The molecule has 4 rings (SSSR count). The predicted octanol–water partition coefficient (Wildman–Crippen LogP) is 3.64. The Balaban J connectivity index is 1.33. The first kappa shape index (κ1) is 28.7. The molecule has 2 heterocycles. The van der Waals surface area contributed by atoms with Crippen LogP contribution >= 0.6 is 0 Å². The number of nitrogens with two attached hydrogens (primary N) is 1.